The van der Waals surface area contributed by atoms with E-state index >= 15 is 0 Å². The lowest BCUT2D eigenvalue weighted by Crippen LogP contribution is -2.51. The van der Waals surface area contributed by atoms with Crippen LogP contribution in [-0.2, 0) is 15.1 Å². The van der Waals surface area contributed by atoms with Crippen LogP contribution in [0.15, 0.2) is 18.2 Å². The fraction of sp³-hybridized carbons (Fsp3) is 0.500. The summed E-state index contributed by atoms with van der Waals surface area (Å²) < 4.78 is 4.99. The molecule has 1 unspecified atom stereocenters. The van der Waals surface area contributed by atoms with E-state index in [1.54, 1.807) is 14.0 Å². The Morgan fingerprint density at radius 3 is 2.33 bits per heavy atom. The van der Waals surface area contributed by atoms with Gasteiger partial charge >= 0.3 is 0 Å². The fourth-order valence-corrected chi connectivity index (χ4v) is 2.00. The Morgan fingerprint density at radius 2 is 1.89 bits per heavy atom. The van der Waals surface area contributed by atoms with Crippen LogP contribution in [0.2, 0.25) is 0 Å². The molecule has 1 amide bonds. The van der Waals surface area contributed by atoms with Gasteiger partial charge in [0, 0.05) is 13.7 Å². The fourth-order valence-electron chi connectivity index (χ4n) is 2.00. The monoisotopic (exact) mass is 250 g/mol. The van der Waals surface area contributed by atoms with Crippen molar-refractivity contribution in [2.75, 3.05) is 20.3 Å². The molecular weight excluding hydrogens is 228 g/mol. The summed E-state index contributed by atoms with van der Waals surface area (Å²) in [5.41, 5.74) is 7.80. The number of primary amides is 1. The number of ether oxygens (including phenoxy) is 1. The molecule has 100 valence electrons. The molecule has 0 aliphatic carbocycles. The van der Waals surface area contributed by atoms with Gasteiger partial charge in [-0.3, -0.25) is 10.1 Å². The van der Waals surface area contributed by atoms with Crippen LogP contribution in [-0.4, -0.2) is 26.2 Å². The molecule has 1 aromatic carbocycles. The average Bonchev–Trinajstić information content (AvgIpc) is 2.27. The van der Waals surface area contributed by atoms with Gasteiger partial charge in [0.15, 0.2) is 0 Å². The van der Waals surface area contributed by atoms with Crippen LogP contribution in [0.3, 0.4) is 0 Å². The maximum atomic E-state index is 11.8. The number of hydrogen-bond donors (Lipinski definition) is 2. The highest BCUT2D eigenvalue weighted by atomic mass is 16.5. The zero-order chi connectivity index (χ0) is 13.8. The Labute approximate surface area is 109 Å². The summed E-state index contributed by atoms with van der Waals surface area (Å²) in [5, 5.41) is 3.17. The van der Waals surface area contributed by atoms with Gasteiger partial charge in [0.25, 0.3) is 0 Å². The summed E-state index contributed by atoms with van der Waals surface area (Å²) in [6.45, 7) is 6.93. The van der Waals surface area contributed by atoms with Crippen molar-refractivity contribution in [3.63, 3.8) is 0 Å². The van der Waals surface area contributed by atoms with E-state index in [9.17, 15) is 4.79 Å². The summed E-state index contributed by atoms with van der Waals surface area (Å²) in [6.07, 6.45) is 0. The van der Waals surface area contributed by atoms with Crippen molar-refractivity contribution in [3.05, 3.63) is 34.9 Å². The Balaban J connectivity index is 3.06. The van der Waals surface area contributed by atoms with Crippen molar-refractivity contribution in [1.29, 1.82) is 0 Å². The lowest BCUT2D eigenvalue weighted by Gasteiger charge is -2.28. The first-order valence-electron chi connectivity index (χ1n) is 6.03. The number of nitrogens with two attached hydrogens (primary N) is 1. The van der Waals surface area contributed by atoms with Crippen LogP contribution in [0, 0.1) is 13.8 Å². The number of nitrogens with one attached hydrogen (secondary N) is 1. The molecular formula is C14H22N2O2. The number of hydrogen-bond acceptors (Lipinski definition) is 3. The third-order valence-electron chi connectivity index (χ3n) is 3.08. The molecule has 18 heavy (non-hydrogen) atoms. The Kier molecular flexibility index (Phi) is 4.87. The maximum Gasteiger partial charge on any atom is 0.242 e. The van der Waals surface area contributed by atoms with E-state index in [0.29, 0.717) is 13.2 Å². The second-order valence-electron chi connectivity index (χ2n) is 4.79. The zero-order valence-electron chi connectivity index (χ0n) is 11.5. The van der Waals surface area contributed by atoms with Gasteiger partial charge in [0.2, 0.25) is 5.91 Å². The molecule has 1 atom stereocenters. The van der Waals surface area contributed by atoms with E-state index < -0.39 is 5.54 Å². The second kappa shape index (κ2) is 5.98. The van der Waals surface area contributed by atoms with Gasteiger partial charge in [-0.05, 0) is 26.3 Å². The number of amides is 1. The maximum absolute atomic E-state index is 11.8. The van der Waals surface area contributed by atoms with Crippen molar-refractivity contribution in [3.8, 4) is 0 Å². The SMILES string of the molecule is COCCNC(C)(C(N)=O)c1cc(C)cc(C)c1. The molecule has 0 aliphatic rings. The van der Waals surface area contributed by atoms with Gasteiger partial charge < -0.3 is 10.5 Å². The summed E-state index contributed by atoms with van der Waals surface area (Å²) in [5.74, 6) is -0.386. The van der Waals surface area contributed by atoms with E-state index in [1.165, 1.54) is 0 Å². The minimum Gasteiger partial charge on any atom is -0.383 e. The highest BCUT2D eigenvalue weighted by Crippen LogP contribution is 2.22. The summed E-state index contributed by atoms with van der Waals surface area (Å²) in [7, 11) is 1.63. The van der Waals surface area contributed by atoms with Crippen LogP contribution in [0.25, 0.3) is 0 Å². The van der Waals surface area contributed by atoms with Crippen molar-refractivity contribution in [2.24, 2.45) is 5.73 Å². The zero-order valence-corrected chi connectivity index (χ0v) is 11.5. The molecule has 1 rings (SSSR count). The van der Waals surface area contributed by atoms with E-state index in [2.05, 4.69) is 11.4 Å². The van der Waals surface area contributed by atoms with Crippen LogP contribution >= 0.6 is 0 Å². The first-order valence-corrected chi connectivity index (χ1v) is 6.03. The Morgan fingerprint density at radius 1 is 1.33 bits per heavy atom. The van der Waals surface area contributed by atoms with Crippen LogP contribution in [0.1, 0.15) is 23.6 Å². The van der Waals surface area contributed by atoms with Crippen molar-refractivity contribution >= 4 is 5.91 Å². The minimum atomic E-state index is -0.866. The third-order valence-corrected chi connectivity index (χ3v) is 3.08. The smallest absolute Gasteiger partial charge is 0.242 e. The van der Waals surface area contributed by atoms with Gasteiger partial charge in [0.1, 0.15) is 5.54 Å². The predicted molar refractivity (Wildman–Crippen MR) is 72.3 cm³/mol. The highest BCUT2D eigenvalue weighted by Gasteiger charge is 2.32. The van der Waals surface area contributed by atoms with Gasteiger partial charge in [0.05, 0.1) is 6.61 Å². The lowest BCUT2D eigenvalue weighted by molar-refractivity contribution is -0.124. The molecule has 3 N–H and O–H groups in total. The molecule has 4 nitrogen and oxygen atoms in total. The molecule has 4 heteroatoms. The Bertz CT molecular complexity index is 412. The van der Waals surface area contributed by atoms with Crippen molar-refractivity contribution in [1.82, 2.24) is 5.32 Å². The molecule has 0 fully saturated rings. The molecule has 0 aliphatic heterocycles. The second-order valence-corrected chi connectivity index (χ2v) is 4.79. The molecule has 0 heterocycles. The third kappa shape index (κ3) is 3.31. The molecule has 1 aromatic rings. The molecule has 0 aromatic heterocycles. The van der Waals surface area contributed by atoms with Gasteiger partial charge in [-0.1, -0.05) is 29.3 Å². The first-order chi connectivity index (χ1) is 8.40. The number of aryl methyl sites for hydroxylation is 2. The van der Waals surface area contributed by atoms with E-state index in [4.69, 9.17) is 10.5 Å². The topological polar surface area (TPSA) is 64.3 Å². The largest absolute Gasteiger partial charge is 0.383 e. The summed E-state index contributed by atoms with van der Waals surface area (Å²) in [6, 6.07) is 6.04. The van der Waals surface area contributed by atoms with Gasteiger partial charge in [-0.15, -0.1) is 0 Å². The van der Waals surface area contributed by atoms with Gasteiger partial charge in [-0.2, -0.15) is 0 Å². The van der Waals surface area contributed by atoms with Crippen LogP contribution < -0.4 is 11.1 Å². The number of carbonyl (C=O) groups excluding carboxylic acids is 1. The van der Waals surface area contributed by atoms with Crippen LogP contribution in [0.4, 0.5) is 0 Å². The number of carbonyl (C=O) groups is 1. The molecule has 0 saturated carbocycles. The number of benzene rings is 1. The van der Waals surface area contributed by atoms with Crippen LogP contribution in [0.5, 0.6) is 0 Å². The Hall–Kier alpha value is -1.39. The molecule has 0 radical (unpaired) electrons. The number of rotatable bonds is 6. The van der Waals surface area contributed by atoms with E-state index in [-0.39, 0.29) is 5.91 Å². The van der Waals surface area contributed by atoms with Crippen molar-refractivity contribution < 1.29 is 9.53 Å². The standard InChI is InChI=1S/C14H22N2O2/c1-10-7-11(2)9-12(8-10)14(3,13(15)17)16-5-6-18-4/h7-9,16H,5-6H2,1-4H3,(H2,15,17). The van der Waals surface area contributed by atoms with E-state index in [1.807, 2.05) is 26.0 Å². The van der Waals surface area contributed by atoms with Crippen molar-refractivity contribution in [2.45, 2.75) is 26.3 Å². The minimum absolute atomic E-state index is 0.386. The van der Waals surface area contributed by atoms with Gasteiger partial charge in [-0.25, -0.2) is 0 Å². The lowest BCUT2D eigenvalue weighted by atomic mass is 9.89. The molecule has 0 saturated heterocycles. The van der Waals surface area contributed by atoms with E-state index in [0.717, 1.165) is 16.7 Å². The average molecular weight is 250 g/mol. The molecule has 0 spiro atoms. The summed E-state index contributed by atoms with van der Waals surface area (Å²) >= 11 is 0. The normalized spacial score (nSPS) is 14.2. The quantitative estimate of drug-likeness (QED) is 0.747. The first kappa shape index (κ1) is 14.7. The highest BCUT2D eigenvalue weighted by molar-refractivity contribution is 5.85. The number of methoxy groups -OCH3 is 1. The molecule has 0 bridgehead atoms. The predicted octanol–water partition coefficient (Wildman–Crippen LogP) is 1.24. The summed E-state index contributed by atoms with van der Waals surface area (Å²) in [4.78, 5) is 11.8.